The lowest BCUT2D eigenvalue weighted by Gasteiger charge is -2.11. The van der Waals surface area contributed by atoms with Crippen LogP contribution in [0.2, 0.25) is 0 Å². The molecule has 0 fully saturated rings. The molecule has 1 unspecified atom stereocenters. The van der Waals surface area contributed by atoms with Crippen LogP contribution >= 0.6 is 0 Å². The van der Waals surface area contributed by atoms with Crippen LogP contribution in [0.5, 0.6) is 5.75 Å². The van der Waals surface area contributed by atoms with Crippen LogP contribution < -0.4 is 4.74 Å². The number of aliphatic hydroxyl groups is 1. The van der Waals surface area contributed by atoms with Crippen LogP contribution in [0, 0.1) is 0 Å². The Hall–Kier alpha value is -1.88. The van der Waals surface area contributed by atoms with Gasteiger partial charge in [0.25, 0.3) is 0 Å². The number of aliphatic hydroxyl groups excluding tert-OH is 1. The van der Waals surface area contributed by atoms with Crippen molar-refractivity contribution in [2.24, 2.45) is 0 Å². The second kappa shape index (κ2) is 6.89. The van der Waals surface area contributed by atoms with Gasteiger partial charge in [0.15, 0.2) is 0 Å². The predicted molar refractivity (Wildman–Crippen MR) is 72.0 cm³/mol. The molecular formula is C14H19N3O2. The normalized spacial score (nSPS) is 12.3. The third kappa shape index (κ3) is 4.37. The lowest BCUT2D eigenvalue weighted by Crippen LogP contribution is -2.23. The summed E-state index contributed by atoms with van der Waals surface area (Å²) in [6, 6.07) is 9.45. The van der Waals surface area contributed by atoms with Gasteiger partial charge in [-0.25, -0.2) is 4.68 Å². The molecule has 0 aliphatic heterocycles. The zero-order chi connectivity index (χ0) is 13.5. The van der Waals surface area contributed by atoms with Crippen molar-refractivity contribution in [1.29, 1.82) is 0 Å². The average Bonchev–Trinajstić information content (AvgIpc) is 2.85. The maximum atomic E-state index is 9.89. The second-order valence-electron chi connectivity index (χ2n) is 4.46. The van der Waals surface area contributed by atoms with E-state index in [-0.39, 0.29) is 6.61 Å². The Morgan fingerprint density at radius 2 is 2.11 bits per heavy atom. The van der Waals surface area contributed by atoms with E-state index in [0.29, 0.717) is 6.54 Å². The quantitative estimate of drug-likeness (QED) is 0.823. The molecule has 1 aromatic carbocycles. The van der Waals surface area contributed by atoms with E-state index >= 15 is 0 Å². The first-order valence-electron chi connectivity index (χ1n) is 6.53. The van der Waals surface area contributed by atoms with Gasteiger partial charge in [0.05, 0.1) is 12.2 Å². The summed E-state index contributed by atoms with van der Waals surface area (Å²) in [7, 11) is 0. The van der Waals surface area contributed by atoms with Crippen LogP contribution in [0.15, 0.2) is 36.5 Å². The minimum atomic E-state index is -0.601. The Kier molecular flexibility index (Phi) is 4.92. The summed E-state index contributed by atoms with van der Waals surface area (Å²) in [5.41, 5.74) is 0.957. The summed E-state index contributed by atoms with van der Waals surface area (Å²) in [5.74, 6) is 0.756. The maximum Gasteiger partial charge on any atom is 0.119 e. The Balaban J connectivity index is 1.78. The van der Waals surface area contributed by atoms with Crippen molar-refractivity contribution in [1.82, 2.24) is 15.0 Å². The summed E-state index contributed by atoms with van der Waals surface area (Å²) in [4.78, 5) is 0. The summed E-state index contributed by atoms with van der Waals surface area (Å²) in [6.07, 6.45) is 3.22. The molecule has 0 radical (unpaired) electrons. The maximum absolute atomic E-state index is 9.89. The van der Waals surface area contributed by atoms with E-state index in [2.05, 4.69) is 17.2 Å². The summed E-state index contributed by atoms with van der Waals surface area (Å²) in [5, 5.41) is 17.9. The number of aryl methyl sites for hydroxylation is 1. The summed E-state index contributed by atoms with van der Waals surface area (Å²) < 4.78 is 7.14. The van der Waals surface area contributed by atoms with Crippen LogP contribution in [0.4, 0.5) is 0 Å². The van der Waals surface area contributed by atoms with Crippen LogP contribution in [0.25, 0.3) is 0 Å². The van der Waals surface area contributed by atoms with Crippen molar-refractivity contribution in [3.05, 3.63) is 42.2 Å². The van der Waals surface area contributed by atoms with E-state index in [0.717, 1.165) is 24.3 Å². The number of rotatable bonds is 7. The van der Waals surface area contributed by atoms with Crippen molar-refractivity contribution >= 4 is 0 Å². The van der Waals surface area contributed by atoms with Gasteiger partial charge < -0.3 is 9.84 Å². The number of hydrogen-bond acceptors (Lipinski definition) is 4. The van der Waals surface area contributed by atoms with Gasteiger partial charge in [0.2, 0.25) is 0 Å². The van der Waals surface area contributed by atoms with Gasteiger partial charge in [-0.05, 0) is 18.6 Å². The van der Waals surface area contributed by atoms with Crippen LogP contribution in [-0.2, 0) is 13.0 Å². The van der Waals surface area contributed by atoms with E-state index in [4.69, 9.17) is 4.74 Å². The number of para-hydroxylation sites is 1. The van der Waals surface area contributed by atoms with Crippen molar-refractivity contribution in [2.75, 3.05) is 6.61 Å². The molecule has 0 aliphatic carbocycles. The van der Waals surface area contributed by atoms with Crippen molar-refractivity contribution in [2.45, 2.75) is 32.4 Å². The van der Waals surface area contributed by atoms with E-state index < -0.39 is 6.10 Å². The van der Waals surface area contributed by atoms with Crippen molar-refractivity contribution in [3.8, 4) is 5.75 Å². The predicted octanol–water partition coefficient (Wildman–Crippen LogP) is 1.67. The zero-order valence-corrected chi connectivity index (χ0v) is 11.1. The molecule has 2 rings (SSSR count). The lowest BCUT2D eigenvalue weighted by molar-refractivity contribution is 0.0888. The first-order valence-corrected chi connectivity index (χ1v) is 6.53. The molecule has 0 saturated carbocycles. The van der Waals surface area contributed by atoms with Gasteiger partial charge in [-0.15, -0.1) is 5.10 Å². The van der Waals surface area contributed by atoms with Crippen LogP contribution in [0.3, 0.4) is 0 Å². The minimum absolute atomic E-state index is 0.243. The van der Waals surface area contributed by atoms with E-state index in [1.165, 1.54) is 0 Å². The number of ether oxygens (including phenoxy) is 1. The number of benzene rings is 1. The Morgan fingerprint density at radius 3 is 2.84 bits per heavy atom. The molecule has 1 N–H and O–H groups in total. The Bertz CT molecular complexity index is 484. The highest BCUT2D eigenvalue weighted by Gasteiger charge is 2.08. The highest BCUT2D eigenvalue weighted by molar-refractivity contribution is 5.20. The lowest BCUT2D eigenvalue weighted by atomic mass is 10.3. The monoisotopic (exact) mass is 261 g/mol. The fourth-order valence-electron chi connectivity index (χ4n) is 1.78. The SMILES string of the molecule is CCCc1cn(CC(O)COc2ccccc2)nn1. The molecule has 1 atom stereocenters. The molecule has 0 amide bonds. The third-order valence-corrected chi connectivity index (χ3v) is 2.68. The molecule has 1 heterocycles. The van der Waals surface area contributed by atoms with Crippen LogP contribution in [0.1, 0.15) is 19.0 Å². The largest absolute Gasteiger partial charge is 0.491 e. The second-order valence-corrected chi connectivity index (χ2v) is 4.46. The minimum Gasteiger partial charge on any atom is -0.491 e. The average molecular weight is 261 g/mol. The van der Waals surface area contributed by atoms with E-state index in [1.807, 2.05) is 36.5 Å². The zero-order valence-electron chi connectivity index (χ0n) is 11.1. The molecule has 102 valence electrons. The molecule has 0 bridgehead atoms. The van der Waals surface area contributed by atoms with Gasteiger partial charge in [-0.2, -0.15) is 0 Å². The Morgan fingerprint density at radius 1 is 1.32 bits per heavy atom. The van der Waals surface area contributed by atoms with E-state index in [9.17, 15) is 5.11 Å². The molecule has 2 aromatic rings. The first kappa shape index (κ1) is 13.5. The van der Waals surface area contributed by atoms with Gasteiger partial charge in [-0.3, -0.25) is 0 Å². The van der Waals surface area contributed by atoms with Crippen molar-refractivity contribution < 1.29 is 9.84 Å². The molecule has 0 spiro atoms. The molecule has 5 heteroatoms. The fourth-order valence-corrected chi connectivity index (χ4v) is 1.78. The topological polar surface area (TPSA) is 60.2 Å². The highest BCUT2D eigenvalue weighted by atomic mass is 16.5. The van der Waals surface area contributed by atoms with Gasteiger partial charge >= 0.3 is 0 Å². The smallest absolute Gasteiger partial charge is 0.119 e. The van der Waals surface area contributed by atoms with Crippen molar-refractivity contribution in [3.63, 3.8) is 0 Å². The molecule has 0 saturated heterocycles. The fraction of sp³-hybridized carbons (Fsp3) is 0.429. The number of hydrogen-bond donors (Lipinski definition) is 1. The summed E-state index contributed by atoms with van der Waals surface area (Å²) in [6.45, 7) is 2.73. The first-order chi connectivity index (χ1) is 9.28. The molecular weight excluding hydrogens is 242 g/mol. The molecule has 1 aromatic heterocycles. The third-order valence-electron chi connectivity index (χ3n) is 2.68. The Labute approximate surface area is 112 Å². The number of nitrogens with zero attached hydrogens (tertiary/aromatic N) is 3. The highest BCUT2D eigenvalue weighted by Crippen LogP contribution is 2.08. The molecule has 5 nitrogen and oxygen atoms in total. The van der Waals surface area contributed by atoms with E-state index in [1.54, 1.807) is 4.68 Å². The van der Waals surface area contributed by atoms with Gasteiger partial charge in [-0.1, -0.05) is 36.8 Å². The molecule has 19 heavy (non-hydrogen) atoms. The van der Waals surface area contributed by atoms with Gasteiger partial charge in [0.1, 0.15) is 18.5 Å². The molecule has 0 aliphatic rings. The van der Waals surface area contributed by atoms with Gasteiger partial charge in [0, 0.05) is 6.20 Å². The number of aromatic nitrogens is 3. The summed E-state index contributed by atoms with van der Waals surface area (Å²) >= 11 is 0. The standard InChI is InChI=1S/C14H19N3O2/c1-2-6-12-9-17(16-15-12)10-13(18)11-19-14-7-4-3-5-8-14/h3-5,7-9,13,18H,2,6,10-11H2,1H3. The van der Waals surface area contributed by atoms with Crippen LogP contribution in [-0.4, -0.2) is 32.8 Å².